The van der Waals surface area contributed by atoms with Gasteiger partial charge in [-0.3, -0.25) is 9.79 Å². The first-order chi connectivity index (χ1) is 10.2. The van der Waals surface area contributed by atoms with Crippen LogP contribution >= 0.6 is 39.9 Å². The highest BCUT2D eigenvalue weighted by atomic mass is 127. The lowest BCUT2D eigenvalue weighted by Gasteiger charge is -2.24. The van der Waals surface area contributed by atoms with Crippen molar-refractivity contribution in [1.29, 1.82) is 0 Å². The predicted molar refractivity (Wildman–Crippen MR) is 110 cm³/mol. The number of guanidine groups is 1. The zero-order valence-electron chi connectivity index (χ0n) is 14.3. The molecule has 1 aromatic rings. The Morgan fingerprint density at radius 1 is 1.26 bits per heavy atom. The number of nitrogens with one attached hydrogen (secondary N) is 2. The van der Waals surface area contributed by atoms with Crippen LogP contribution in [0.5, 0.6) is 0 Å². The fourth-order valence-electron chi connectivity index (χ4n) is 1.95. The molecular weight excluding hydrogens is 471 g/mol. The molecule has 0 spiro atoms. The Balaban J connectivity index is 0.00000484. The zero-order valence-corrected chi connectivity index (χ0v) is 18.2. The van der Waals surface area contributed by atoms with Gasteiger partial charge in [0.2, 0.25) is 5.91 Å². The van der Waals surface area contributed by atoms with Gasteiger partial charge in [0.15, 0.2) is 5.96 Å². The molecule has 0 aliphatic heterocycles. The molecule has 0 aliphatic rings. The maximum absolute atomic E-state index is 11.8. The van der Waals surface area contributed by atoms with Crippen LogP contribution in [0, 0.1) is 0 Å². The summed E-state index contributed by atoms with van der Waals surface area (Å²) in [6.07, 6.45) is 0. The van der Waals surface area contributed by atoms with Crippen molar-refractivity contribution in [2.45, 2.75) is 32.9 Å². The largest absolute Gasteiger partial charge is 0.350 e. The monoisotopic (exact) mass is 496 g/mol. The Hall–Kier alpha value is -0.830. The lowest BCUT2D eigenvalue weighted by atomic mass is 10.1. The number of hydrogen-bond donors (Lipinski definition) is 2. The van der Waals surface area contributed by atoms with E-state index < -0.39 is 0 Å². The first-order valence-corrected chi connectivity index (χ1v) is 7.98. The van der Waals surface area contributed by atoms with Gasteiger partial charge in [0.1, 0.15) is 0 Å². The van der Waals surface area contributed by atoms with Gasteiger partial charge in [-0.25, -0.2) is 0 Å². The molecule has 0 unspecified atom stereocenters. The summed E-state index contributed by atoms with van der Waals surface area (Å²) in [6.45, 7) is 6.79. The first-order valence-electron chi connectivity index (χ1n) is 7.18. The van der Waals surface area contributed by atoms with Crippen molar-refractivity contribution in [3.05, 3.63) is 34.3 Å². The number of halogens is 2. The minimum Gasteiger partial charge on any atom is -0.350 e. The van der Waals surface area contributed by atoms with Crippen LogP contribution < -0.4 is 10.6 Å². The highest BCUT2D eigenvalue weighted by Gasteiger charge is 2.14. The van der Waals surface area contributed by atoms with Crippen LogP contribution in [0.15, 0.2) is 33.7 Å². The van der Waals surface area contributed by atoms with Crippen LogP contribution in [-0.2, 0) is 11.3 Å². The molecule has 5 nitrogen and oxygen atoms in total. The summed E-state index contributed by atoms with van der Waals surface area (Å²) in [7, 11) is 3.65. The average Bonchev–Trinajstić information content (AvgIpc) is 2.40. The quantitative estimate of drug-likeness (QED) is 0.382. The summed E-state index contributed by atoms with van der Waals surface area (Å²) in [5, 5.41) is 5.99. The van der Waals surface area contributed by atoms with Gasteiger partial charge < -0.3 is 15.5 Å². The van der Waals surface area contributed by atoms with E-state index in [1.807, 2.05) is 44.9 Å². The summed E-state index contributed by atoms with van der Waals surface area (Å²) >= 11 is 3.42. The van der Waals surface area contributed by atoms with E-state index in [0.717, 1.165) is 4.47 Å². The van der Waals surface area contributed by atoms with Gasteiger partial charge in [-0.1, -0.05) is 28.1 Å². The molecule has 0 aliphatic carbocycles. The number of aliphatic imine (C=N–C) groups is 1. The van der Waals surface area contributed by atoms with Crippen LogP contribution in [0.1, 0.15) is 26.3 Å². The molecule has 2 N–H and O–H groups in total. The summed E-state index contributed by atoms with van der Waals surface area (Å²) in [4.78, 5) is 18.0. The second-order valence-corrected chi connectivity index (χ2v) is 7.10. The van der Waals surface area contributed by atoms with Gasteiger partial charge in [-0.2, -0.15) is 0 Å². The summed E-state index contributed by atoms with van der Waals surface area (Å²) in [6, 6.07) is 8.13. The number of nitrogens with zero attached hydrogens (tertiary/aromatic N) is 2. The number of hydrogen-bond acceptors (Lipinski definition) is 2. The molecule has 23 heavy (non-hydrogen) atoms. The third-order valence-electron chi connectivity index (χ3n) is 2.83. The number of rotatable bonds is 4. The van der Waals surface area contributed by atoms with Crippen molar-refractivity contribution in [1.82, 2.24) is 15.5 Å². The van der Waals surface area contributed by atoms with Gasteiger partial charge in [0, 0.05) is 30.7 Å². The van der Waals surface area contributed by atoms with E-state index in [0.29, 0.717) is 12.5 Å². The normalized spacial score (nSPS) is 11.5. The molecule has 1 aromatic carbocycles. The minimum atomic E-state index is -0.231. The molecule has 0 heterocycles. The second kappa shape index (κ2) is 10.1. The molecular formula is C16H26BrIN4O. The lowest BCUT2D eigenvalue weighted by Crippen LogP contribution is -2.48. The fraction of sp³-hybridized carbons (Fsp3) is 0.500. The topological polar surface area (TPSA) is 56.7 Å². The summed E-state index contributed by atoms with van der Waals surface area (Å²) < 4.78 is 1.06. The van der Waals surface area contributed by atoms with E-state index in [9.17, 15) is 4.79 Å². The molecule has 0 saturated carbocycles. The van der Waals surface area contributed by atoms with Crippen LogP contribution in [0.3, 0.4) is 0 Å². The van der Waals surface area contributed by atoms with Gasteiger partial charge in [0.05, 0.1) is 6.54 Å². The maximum Gasteiger partial charge on any atom is 0.239 e. The van der Waals surface area contributed by atoms with E-state index in [1.165, 1.54) is 5.56 Å². The van der Waals surface area contributed by atoms with Crippen molar-refractivity contribution in [3.63, 3.8) is 0 Å². The molecule has 0 fully saturated rings. The average molecular weight is 497 g/mol. The molecule has 1 amide bonds. The van der Waals surface area contributed by atoms with E-state index in [1.54, 1.807) is 7.05 Å². The van der Waals surface area contributed by atoms with Crippen LogP contribution in [0.2, 0.25) is 0 Å². The predicted octanol–water partition coefficient (Wildman–Crippen LogP) is 2.99. The molecule has 7 heteroatoms. The number of amides is 1. The Morgan fingerprint density at radius 3 is 2.30 bits per heavy atom. The Labute approximate surface area is 164 Å². The number of carbonyl (C=O) groups excluding carboxylic acids is 1. The van der Waals surface area contributed by atoms with Crippen molar-refractivity contribution >= 4 is 51.8 Å². The van der Waals surface area contributed by atoms with E-state index in [2.05, 4.69) is 43.7 Å². The molecule has 0 atom stereocenters. The molecule has 0 radical (unpaired) electrons. The van der Waals surface area contributed by atoms with Gasteiger partial charge in [-0.05, 0) is 38.5 Å². The number of carbonyl (C=O) groups is 1. The lowest BCUT2D eigenvalue weighted by molar-refractivity contribution is -0.121. The third-order valence-corrected chi connectivity index (χ3v) is 3.36. The van der Waals surface area contributed by atoms with E-state index in [-0.39, 0.29) is 42.0 Å². The summed E-state index contributed by atoms with van der Waals surface area (Å²) in [5.74, 6) is 0.637. The highest BCUT2D eigenvalue weighted by molar-refractivity contribution is 14.0. The summed E-state index contributed by atoms with van der Waals surface area (Å²) in [5.41, 5.74) is 0.943. The van der Waals surface area contributed by atoms with Crippen LogP contribution in [0.4, 0.5) is 0 Å². The minimum absolute atomic E-state index is 0. The van der Waals surface area contributed by atoms with Crippen molar-refractivity contribution in [2.24, 2.45) is 4.99 Å². The first kappa shape index (κ1) is 22.2. The SMILES string of the molecule is CN=C(NCC(=O)NC(C)(C)C)N(C)Cc1ccc(Br)cc1.I. The molecule has 0 bridgehead atoms. The van der Waals surface area contributed by atoms with Crippen LogP contribution in [0.25, 0.3) is 0 Å². The molecule has 130 valence electrons. The van der Waals surface area contributed by atoms with E-state index in [4.69, 9.17) is 0 Å². The van der Waals surface area contributed by atoms with E-state index >= 15 is 0 Å². The van der Waals surface area contributed by atoms with Crippen molar-refractivity contribution < 1.29 is 4.79 Å². The second-order valence-electron chi connectivity index (χ2n) is 6.18. The highest BCUT2D eigenvalue weighted by Crippen LogP contribution is 2.11. The standard InChI is InChI=1S/C16H25BrN4O.HI/c1-16(2,3)20-14(22)10-19-15(18-4)21(5)11-12-6-8-13(17)9-7-12;/h6-9H,10-11H2,1-5H3,(H,18,19)(H,20,22);1H. The van der Waals surface area contributed by atoms with Crippen LogP contribution in [-0.4, -0.2) is 42.9 Å². The number of benzene rings is 1. The Kier molecular flexibility index (Phi) is 9.76. The smallest absolute Gasteiger partial charge is 0.239 e. The maximum atomic E-state index is 11.8. The van der Waals surface area contributed by atoms with Gasteiger partial charge in [0.25, 0.3) is 0 Å². The fourth-order valence-corrected chi connectivity index (χ4v) is 2.21. The Bertz CT molecular complexity index is 526. The molecule has 0 saturated heterocycles. The molecule has 1 rings (SSSR count). The van der Waals surface area contributed by atoms with Crippen molar-refractivity contribution in [3.8, 4) is 0 Å². The van der Waals surface area contributed by atoms with Crippen molar-refractivity contribution in [2.75, 3.05) is 20.6 Å². The molecule has 0 aromatic heterocycles. The zero-order chi connectivity index (χ0) is 16.8. The van der Waals surface area contributed by atoms with Gasteiger partial charge in [-0.15, -0.1) is 24.0 Å². The van der Waals surface area contributed by atoms with Gasteiger partial charge >= 0.3 is 0 Å². The Morgan fingerprint density at radius 2 is 1.83 bits per heavy atom. The third kappa shape index (κ3) is 9.14.